The van der Waals surface area contributed by atoms with Crippen LogP contribution >= 0.6 is 0 Å². The van der Waals surface area contributed by atoms with E-state index >= 15 is 0 Å². The Kier molecular flexibility index (Phi) is 26.4. The first kappa shape index (κ1) is 41.9. The Balaban J connectivity index is 1.56. The summed E-state index contributed by atoms with van der Waals surface area (Å²) in [5.74, 6) is 1.65. The van der Waals surface area contributed by atoms with Crippen LogP contribution in [0.1, 0.15) is 194 Å². The molecule has 5 nitrogen and oxygen atoms in total. The third-order valence-electron chi connectivity index (χ3n) is 9.98. The quantitative estimate of drug-likeness (QED) is 0.0720. The van der Waals surface area contributed by atoms with Gasteiger partial charge in [-0.3, -0.25) is 4.74 Å². The van der Waals surface area contributed by atoms with Crippen LogP contribution < -0.4 is 9.47 Å². The topological polar surface area (TPSA) is 34.2 Å². The van der Waals surface area contributed by atoms with Crippen LogP contribution in [0.15, 0.2) is 24.3 Å². The van der Waals surface area contributed by atoms with Gasteiger partial charge in [0.15, 0.2) is 0 Å². The molecule has 2 unspecified atom stereocenters. The van der Waals surface area contributed by atoms with Crippen molar-refractivity contribution in [2.24, 2.45) is 0 Å². The molecule has 0 N–H and O–H groups in total. The number of fused-ring (bicyclic) bond motifs is 6. The first-order valence-electron chi connectivity index (χ1n) is 20.6. The van der Waals surface area contributed by atoms with Crippen LogP contribution in [-0.2, 0) is 4.74 Å². The Morgan fingerprint density at radius 3 is 0.872 bits per heavy atom. The van der Waals surface area contributed by atoms with Gasteiger partial charge in [0.2, 0.25) is 0 Å². The monoisotopic (exact) mass is 659 g/mol. The van der Waals surface area contributed by atoms with Crippen LogP contribution in [0.5, 0.6) is 11.5 Å². The van der Waals surface area contributed by atoms with Crippen molar-refractivity contribution in [2.75, 3.05) is 27.2 Å². The average molecular weight is 659 g/mol. The van der Waals surface area contributed by atoms with Crippen molar-refractivity contribution in [3.05, 3.63) is 24.3 Å². The van der Waals surface area contributed by atoms with Gasteiger partial charge in [-0.05, 0) is 51.2 Å². The zero-order valence-corrected chi connectivity index (χ0v) is 31.8. The van der Waals surface area contributed by atoms with Gasteiger partial charge < -0.3 is 9.47 Å². The minimum atomic E-state index is -0.470. The van der Waals surface area contributed by atoms with Gasteiger partial charge in [-0.25, -0.2) is 9.80 Å². The molecule has 0 fully saturated rings. The Morgan fingerprint density at radius 1 is 0.383 bits per heavy atom. The van der Waals surface area contributed by atoms with Gasteiger partial charge in [-0.2, -0.15) is 0 Å². The standard InChI is InChI=1S/C42H78N2O3/c1-5-7-9-11-13-15-17-19-21-23-25-27-29-31-37-43(3)41-45-39-33-35-40(36-34-39)46-42(47-41)44(4)38-32-30-28-26-24-22-20-18-16-14-12-10-8-6-2/h33-36,41-42H,5-32,37-38H2,1-4H3. The van der Waals surface area contributed by atoms with Gasteiger partial charge in [0.1, 0.15) is 11.5 Å². The van der Waals surface area contributed by atoms with Crippen LogP contribution in [-0.4, -0.2) is 49.8 Å². The Morgan fingerprint density at radius 2 is 0.617 bits per heavy atom. The van der Waals surface area contributed by atoms with Gasteiger partial charge in [0, 0.05) is 13.1 Å². The second-order valence-corrected chi connectivity index (χ2v) is 14.6. The molecular formula is C42H78N2O3. The lowest BCUT2D eigenvalue weighted by Crippen LogP contribution is -2.48. The maximum atomic E-state index is 6.50. The molecule has 0 aliphatic carbocycles. The molecule has 0 amide bonds. The van der Waals surface area contributed by atoms with E-state index in [0.717, 1.165) is 37.4 Å². The third-order valence-corrected chi connectivity index (χ3v) is 9.98. The van der Waals surface area contributed by atoms with Crippen LogP contribution in [0.25, 0.3) is 0 Å². The molecule has 2 aliphatic heterocycles. The second-order valence-electron chi connectivity index (χ2n) is 14.6. The van der Waals surface area contributed by atoms with Crippen molar-refractivity contribution in [1.82, 2.24) is 9.80 Å². The van der Waals surface area contributed by atoms with Crippen molar-refractivity contribution in [3.63, 3.8) is 0 Å². The molecule has 2 heterocycles. The van der Waals surface area contributed by atoms with E-state index in [2.05, 4.69) is 37.7 Å². The average Bonchev–Trinajstić information content (AvgIpc) is 3.23. The van der Waals surface area contributed by atoms with E-state index in [4.69, 9.17) is 14.2 Å². The van der Waals surface area contributed by atoms with Crippen LogP contribution in [0.4, 0.5) is 0 Å². The zero-order chi connectivity index (χ0) is 33.6. The maximum Gasteiger partial charge on any atom is 0.265 e. The molecule has 2 atom stereocenters. The SMILES string of the molecule is CCCCCCCCCCCCCCCCN(C)C1Oc2ccc(cc2)OC(N(C)CCCCCCCCCCCCCCCC)O1. The Hall–Kier alpha value is -1.30. The molecule has 0 saturated carbocycles. The lowest BCUT2D eigenvalue weighted by molar-refractivity contribution is -0.278. The smallest absolute Gasteiger partial charge is 0.265 e. The maximum absolute atomic E-state index is 6.50. The molecule has 274 valence electrons. The Labute approximate surface area is 292 Å². The fourth-order valence-corrected chi connectivity index (χ4v) is 6.69. The highest BCUT2D eigenvalue weighted by atomic mass is 16.8. The van der Waals surface area contributed by atoms with Gasteiger partial charge in [0.05, 0.1) is 0 Å². The van der Waals surface area contributed by atoms with E-state index in [1.54, 1.807) is 0 Å². The molecule has 47 heavy (non-hydrogen) atoms. The van der Waals surface area contributed by atoms with E-state index in [0.29, 0.717) is 0 Å². The fraction of sp³-hybridized carbons (Fsp3) is 0.857. The van der Waals surface area contributed by atoms with Gasteiger partial charge >= 0.3 is 0 Å². The largest absolute Gasteiger partial charge is 0.451 e. The van der Waals surface area contributed by atoms with Crippen LogP contribution in [0, 0.1) is 0 Å². The number of ether oxygens (including phenoxy) is 3. The summed E-state index contributed by atoms with van der Waals surface area (Å²) < 4.78 is 19.1. The highest BCUT2D eigenvalue weighted by Gasteiger charge is 2.28. The van der Waals surface area contributed by atoms with E-state index in [1.165, 1.54) is 167 Å². The second kappa shape index (κ2) is 29.6. The number of hydrogen-bond donors (Lipinski definition) is 0. The van der Waals surface area contributed by atoms with E-state index < -0.39 is 12.8 Å². The first-order chi connectivity index (χ1) is 23.1. The molecule has 2 bridgehead atoms. The molecule has 1 aromatic rings. The summed E-state index contributed by atoms with van der Waals surface area (Å²) in [6, 6.07) is 7.95. The Bertz CT molecular complexity index is 739. The minimum Gasteiger partial charge on any atom is -0.451 e. The number of nitrogens with zero attached hydrogens (tertiary/aromatic N) is 2. The normalized spacial score (nSPS) is 16.3. The van der Waals surface area contributed by atoms with Gasteiger partial charge in [-0.1, -0.05) is 181 Å². The molecular weight excluding hydrogens is 580 g/mol. The minimum absolute atomic E-state index is 0.470. The number of benzene rings is 1. The van der Waals surface area contributed by atoms with Crippen molar-refractivity contribution in [1.29, 1.82) is 0 Å². The van der Waals surface area contributed by atoms with Crippen molar-refractivity contribution in [3.8, 4) is 11.5 Å². The van der Waals surface area contributed by atoms with Crippen molar-refractivity contribution >= 4 is 0 Å². The molecule has 0 aromatic heterocycles. The number of hydrogen-bond acceptors (Lipinski definition) is 5. The highest BCUT2D eigenvalue weighted by Crippen LogP contribution is 2.25. The van der Waals surface area contributed by atoms with E-state index in [1.807, 2.05) is 24.3 Å². The van der Waals surface area contributed by atoms with Crippen LogP contribution in [0.3, 0.4) is 0 Å². The molecule has 2 aliphatic rings. The van der Waals surface area contributed by atoms with E-state index in [9.17, 15) is 0 Å². The van der Waals surface area contributed by atoms with Gasteiger partial charge in [0.25, 0.3) is 12.8 Å². The fourth-order valence-electron chi connectivity index (χ4n) is 6.69. The predicted octanol–water partition coefficient (Wildman–Crippen LogP) is 12.9. The summed E-state index contributed by atoms with van der Waals surface area (Å²) in [6.07, 6.45) is 37.6. The summed E-state index contributed by atoms with van der Waals surface area (Å²) in [5.41, 5.74) is 0. The summed E-state index contributed by atoms with van der Waals surface area (Å²) in [4.78, 5) is 4.41. The lowest BCUT2D eigenvalue weighted by atomic mass is 10.0. The zero-order valence-electron chi connectivity index (χ0n) is 31.8. The highest BCUT2D eigenvalue weighted by molar-refractivity contribution is 5.31. The van der Waals surface area contributed by atoms with E-state index in [-0.39, 0.29) is 0 Å². The predicted molar refractivity (Wildman–Crippen MR) is 202 cm³/mol. The van der Waals surface area contributed by atoms with Gasteiger partial charge in [-0.15, -0.1) is 0 Å². The molecule has 5 heteroatoms. The summed E-state index contributed by atoms with van der Waals surface area (Å²) in [7, 11) is 4.23. The number of unbranched alkanes of at least 4 members (excludes halogenated alkanes) is 26. The lowest BCUT2D eigenvalue weighted by Gasteiger charge is -2.34. The number of rotatable bonds is 32. The molecule has 1 aromatic carbocycles. The third kappa shape index (κ3) is 22.1. The first-order valence-corrected chi connectivity index (χ1v) is 20.6. The summed E-state index contributed by atoms with van der Waals surface area (Å²) in [6.45, 7) is 6.50. The molecule has 3 rings (SSSR count). The molecule has 0 spiro atoms. The van der Waals surface area contributed by atoms with Crippen LogP contribution in [0.2, 0.25) is 0 Å². The van der Waals surface area contributed by atoms with Crippen molar-refractivity contribution < 1.29 is 14.2 Å². The summed E-state index contributed by atoms with van der Waals surface area (Å²) in [5, 5.41) is 0. The summed E-state index contributed by atoms with van der Waals surface area (Å²) >= 11 is 0. The molecule has 0 radical (unpaired) electrons. The molecule has 0 saturated heterocycles. The van der Waals surface area contributed by atoms with Crippen molar-refractivity contribution in [2.45, 2.75) is 206 Å².